The van der Waals surface area contributed by atoms with E-state index in [9.17, 15) is 4.79 Å². The first kappa shape index (κ1) is 25.2. The van der Waals surface area contributed by atoms with Crippen LogP contribution in [0, 0.1) is 0 Å². The summed E-state index contributed by atoms with van der Waals surface area (Å²) in [6.45, 7) is 6.79. The van der Waals surface area contributed by atoms with E-state index in [1.807, 2.05) is 30.3 Å². The molecule has 186 valence electrons. The second kappa shape index (κ2) is 12.1. The van der Waals surface area contributed by atoms with Crippen molar-refractivity contribution in [1.29, 1.82) is 0 Å². The van der Waals surface area contributed by atoms with Crippen LogP contribution in [0.4, 0.5) is 11.5 Å². The Hall–Kier alpha value is -2.95. The summed E-state index contributed by atoms with van der Waals surface area (Å²) in [5.74, 6) is 1.09. The highest BCUT2D eigenvalue weighted by Crippen LogP contribution is 2.36. The van der Waals surface area contributed by atoms with E-state index in [0.717, 1.165) is 35.1 Å². The van der Waals surface area contributed by atoms with Gasteiger partial charge in [0.1, 0.15) is 12.1 Å². The third kappa shape index (κ3) is 6.59. The summed E-state index contributed by atoms with van der Waals surface area (Å²) in [5.41, 5.74) is 1.56. The van der Waals surface area contributed by atoms with Crippen molar-refractivity contribution in [3.05, 3.63) is 47.2 Å². The number of ether oxygens (including phenoxy) is 4. The smallest absolute Gasteiger partial charge is 0.344 e. The molecule has 0 amide bonds. The summed E-state index contributed by atoms with van der Waals surface area (Å²) in [4.78, 5) is 23.1. The van der Waals surface area contributed by atoms with Crippen molar-refractivity contribution in [2.75, 3.05) is 44.8 Å². The Kier molecular flexibility index (Phi) is 8.73. The number of fused-ring (bicyclic) bond motifs is 1. The van der Waals surface area contributed by atoms with Gasteiger partial charge in [-0.3, -0.25) is 4.90 Å². The van der Waals surface area contributed by atoms with Crippen molar-refractivity contribution in [2.24, 2.45) is 0 Å². The van der Waals surface area contributed by atoms with Gasteiger partial charge in [0, 0.05) is 34.7 Å². The predicted octanol–water partition coefficient (Wildman–Crippen LogP) is 4.52. The summed E-state index contributed by atoms with van der Waals surface area (Å²) >= 11 is 3.49. The van der Waals surface area contributed by atoms with Gasteiger partial charge in [-0.15, -0.1) is 0 Å². The van der Waals surface area contributed by atoms with Crippen molar-refractivity contribution in [3.63, 3.8) is 0 Å². The molecule has 0 radical (unpaired) electrons. The average Bonchev–Trinajstić information content (AvgIpc) is 2.87. The molecule has 1 atom stereocenters. The molecule has 35 heavy (non-hydrogen) atoms. The van der Waals surface area contributed by atoms with Crippen molar-refractivity contribution < 1.29 is 23.7 Å². The predicted molar refractivity (Wildman–Crippen MR) is 136 cm³/mol. The molecular formula is C25H29BrN4O5. The van der Waals surface area contributed by atoms with Crippen LogP contribution in [0.15, 0.2) is 47.2 Å². The lowest BCUT2D eigenvalue weighted by Gasteiger charge is -2.34. The van der Waals surface area contributed by atoms with Crippen LogP contribution in [0.5, 0.6) is 11.5 Å². The van der Waals surface area contributed by atoms with Crippen LogP contribution in [0.25, 0.3) is 10.9 Å². The number of hydrogen-bond donors (Lipinski definition) is 1. The molecule has 1 aliphatic rings. The normalized spacial score (nSPS) is 14.9. The fourth-order valence-corrected chi connectivity index (χ4v) is 4.24. The van der Waals surface area contributed by atoms with Crippen LogP contribution >= 0.6 is 15.9 Å². The Morgan fingerprint density at radius 2 is 2.00 bits per heavy atom. The van der Waals surface area contributed by atoms with E-state index in [2.05, 4.69) is 43.0 Å². The van der Waals surface area contributed by atoms with Crippen molar-refractivity contribution in [2.45, 2.75) is 26.5 Å². The molecule has 0 bridgehead atoms. The number of carbonyl (C=O) groups excluding carboxylic acids is 1. The summed E-state index contributed by atoms with van der Waals surface area (Å²) < 4.78 is 23.8. The number of aromatic nitrogens is 2. The minimum Gasteiger partial charge on any atom is -0.478 e. The molecule has 0 saturated carbocycles. The molecule has 1 aliphatic heterocycles. The van der Waals surface area contributed by atoms with E-state index in [0.29, 0.717) is 36.0 Å². The zero-order valence-electron chi connectivity index (χ0n) is 19.8. The molecule has 9 nitrogen and oxygen atoms in total. The summed E-state index contributed by atoms with van der Waals surface area (Å²) in [7, 11) is 0. The Balaban J connectivity index is 1.68. The zero-order chi connectivity index (χ0) is 24.6. The molecule has 0 aliphatic carbocycles. The molecule has 1 fully saturated rings. The molecule has 1 N–H and O–H groups in total. The standard InChI is InChI=1S/C25H29BrN4O5/c1-3-23(30-8-10-32-11-9-30)35-22-14-20-19(13-21(22)34-15-24(31)33-4-2)25(28-16-27-20)29-18-7-5-6-17(26)12-18/h5-7,12-14,16,23H,3-4,8-11,15H2,1-2H3,(H,27,28,29). The average molecular weight is 545 g/mol. The van der Waals surface area contributed by atoms with Gasteiger partial charge in [0.2, 0.25) is 0 Å². The quantitative estimate of drug-likeness (QED) is 0.369. The van der Waals surface area contributed by atoms with Gasteiger partial charge in [-0.25, -0.2) is 14.8 Å². The van der Waals surface area contributed by atoms with Crippen LogP contribution in [0.1, 0.15) is 20.3 Å². The van der Waals surface area contributed by atoms with E-state index in [-0.39, 0.29) is 19.4 Å². The summed E-state index contributed by atoms with van der Waals surface area (Å²) in [5, 5.41) is 4.07. The van der Waals surface area contributed by atoms with Gasteiger partial charge >= 0.3 is 5.97 Å². The lowest BCUT2D eigenvalue weighted by molar-refractivity contribution is -0.145. The molecule has 10 heteroatoms. The number of nitrogens with one attached hydrogen (secondary N) is 1. The molecule has 1 saturated heterocycles. The minimum absolute atomic E-state index is 0.164. The number of nitrogens with zero attached hydrogens (tertiary/aromatic N) is 3. The molecule has 4 rings (SSSR count). The Bertz CT molecular complexity index is 1160. The third-order valence-corrected chi connectivity index (χ3v) is 6.00. The SMILES string of the molecule is CCOC(=O)COc1cc2c(Nc3cccc(Br)c3)ncnc2cc1OC(CC)N1CCOCC1. The number of esters is 1. The fraction of sp³-hybridized carbons (Fsp3) is 0.400. The molecule has 2 aromatic carbocycles. The first-order chi connectivity index (χ1) is 17.1. The second-order valence-corrected chi connectivity index (χ2v) is 8.81. The third-order valence-electron chi connectivity index (χ3n) is 5.50. The molecule has 1 unspecified atom stereocenters. The van der Waals surface area contributed by atoms with Gasteiger partial charge in [-0.2, -0.15) is 0 Å². The van der Waals surface area contributed by atoms with Crippen LogP contribution in [-0.4, -0.2) is 66.6 Å². The van der Waals surface area contributed by atoms with Crippen molar-refractivity contribution in [3.8, 4) is 11.5 Å². The fourth-order valence-electron chi connectivity index (χ4n) is 3.84. The highest BCUT2D eigenvalue weighted by atomic mass is 79.9. The number of morpholine rings is 1. The monoisotopic (exact) mass is 544 g/mol. The number of anilines is 2. The van der Waals surface area contributed by atoms with E-state index in [1.165, 1.54) is 6.33 Å². The molecular weight excluding hydrogens is 516 g/mol. The summed E-state index contributed by atoms with van der Waals surface area (Å²) in [6.07, 6.45) is 2.11. The number of rotatable bonds is 10. The van der Waals surface area contributed by atoms with Crippen molar-refractivity contribution in [1.82, 2.24) is 14.9 Å². The molecule has 1 aromatic heterocycles. The maximum atomic E-state index is 12.0. The van der Waals surface area contributed by atoms with E-state index >= 15 is 0 Å². The van der Waals surface area contributed by atoms with Gasteiger partial charge in [-0.05, 0) is 37.6 Å². The van der Waals surface area contributed by atoms with Gasteiger partial charge in [0.15, 0.2) is 24.3 Å². The minimum atomic E-state index is -0.449. The first-order valence-corrected chi connectivity index (χ1v) is 12.4. The molecule has 3 aromatic rings. The van der Waals surface area contributed by atoms with Crippen LogP contribution in [0.3, 0.4) is 0 Å². The zero-order valence-corrected chi connectivity index (χ0v) is 21.4. The topological polar surface area (TPSA) is 95.0 Å². The lowest BCUT2D eigenvalue weighted by Crippen LogP contribution is -2.46. The number of benzene rings is 2. The number of halogens is 1. The highest BCUT2D eigenvalue weighted by Gasteiger charge is 2.23. The number of hydrogen-bond acceptors (Lipinski definition) is 9. The highest BCUT2D eigenvalue weighted by molar-refractivity contribution is 9.10. The summed E-state index contributed by atoms with van der Waals surface area (Å²) in [6, 6.07) is 11.4. The van der Waals surface area contributed by atoms with Crippen LogP contribution in [0.2, 0.25) is 0 Å². The first-order valence-electron chi connectivity index (χ1n) is 11.7. The Morgan fingerprint density at radius 3 is 2.74 bits per heavy atom. The largest absolute Gasteiger partial charge is 0.478 e. The molecule has 2 heterocycles. The van der Waals surface area contributed by atoms with E-state index < -0.39 is 5.97 Å². The van der Waals surface area contributed by atoms with Gasteiger partial charge in [0.05, 0.1) is 25.3 Å². The van der Waals surface area contributed by atoms with Gasteiger partial charge in [-0.1, -0.05) is 28.9 Å². The molecule has 0 spiro atoms. The van der Waals surface area contributed by atoms with Crippen LogP contribution < -0.4 is 14.8 Å². The van der Waals surface area contributed by atoms with Gasteiger partial charge in [0.25, 0.3) is 0 Å². The lowest BCUT2D eigenvalue weighted by atomic mass is 10.2. The van der Waals surface area contributed by atoms with Crippen molar-refractivity contribution >= 4 is 44.3 Å². The van der Waals surface area contributed by atoms with Gasteiger partial charge < -0.3 is 24.3 Å². The van der Waals surface area contributed by atoms with Crippen LogP contribution in [-0.2, 0) is 14.3 Å². The maximum Gasteiger partial charge on any atom is 0.344 e. The maximum absolute atomic E-state index is 12.0. The Morgan fingerprint density at radius 1 is 1.17 bits per heavy atom. The number of carbonyl (C=O) groups is 1. The van der Waals surface area contributed by atoms with E-state index in [4.69, 9.17) is 18.9 Å². The Labute approximate surface area is 212 Å². The van der Waals surface area contributed by atoms with E-state index in [1.54, 1.807) is 13.0 Å². The second-order valence-electron chi connectivity index (χ2n) is 7.90.